The molecule has 138 valence electrons. The number of halogens is 3. The van der Waals surface area contributed by atoms with Crippen LogP contribution in [0.25, 0.3) is 17.1 Å². The average molecular weight is 373 g/mol. The molecule has 5 nitrogen and oxygen atoms in total. The Labute approximate surface area is 152 Å². The second kappa shape index (κ2) is 7.86. The summed E-state index contributed by atoms with van der Waals surface area (Å²) in [7, 11) is 0. The Morgan fingerprint density at radius 1 is 1.07 bits per heavy atom. The van der Waals surface area contributed by atoms with Crippen LogP contribution in [0, 0.1) is 0 Å². The van der Waals surface area contributed by atoms with Gasteiger partial charge in [0.1, 0.15) is 5.75 Å². The van der Waals surface area contributed by atoms with Crippen molar-refractivity contribution in [3.63, 3.8) is 0 Å². The Kier molecular flexibility index (Phi) is 5.35. The third-order valence-corrected chi connectivity index (χ3v) is 3.40. The highest BCUT2D eigenvalue weighted by atomic mass is 19.4. The predicted octanol–water partition coefficient (Wildman–Crippen LogP) is 4.22. The van der Waals surface area contributed by atoms with Crippen LogP contribution in [0.2, 0.25) is 0 Å². The molecule has 0 saturated carbocycles. The molecule has 0 aliphatic carbocycles. The topological polar surface area (TPSA) is 64.1 Å². The standard InChI is InChI=1S/C19H14F3N3O2/c20-19(21,22)12-27-15-8-5-13(6-9-15)25-18(26)10-7-14-11-23-16-3-1-2-4-17(16)24-14/h1-11H,12H2,(H,25,26)/b10-7+. The lowest BCUT2D eigenvalue weighted by Crippen LogP contribution is -2.19. The van der Waals surface area contributed by atoms with E-state index in [0.717, 1.165) is 11.0 Å². The number of fused-ring (bicyclic) bond motifs is 1. The van der Waals surface area contributed by atoms with E-state index in [-0.39, 0.29) is 5.75 Å². The summed E-state index contributed by atoms with van der Waals surface area (Å²) in [5, 5.41) is 2.60. The zero-order valence-electron chi connectivity index (χ0n) is 13.9. The number of alkyl halides is 3. The van der Waals surface area contributed by atoms with Gasteiger partial charge in [0.2, 0.25) is 5.91 Å². The van der Waals surface area contributed by atoms with E-state index in [1.54, 1.807) is 6.20 Å². The average Bonchev–Trinajstić information content (AvgIpc) is 2.65. The van der Waals surface area contributed by atoms with Crippen LogP contribution in [0.3, 0.4) is 0 Å². The minimum Gasteiger partial charge on any atom is -0.484 e. The number of para-hydroxylation sites is 2. The number of rotatable bonds is 5. The third kappa shape index (κ3) is 5.53. The highest BCUT2D eigenvalue weighted by molar-refractivity contribution is 6.01. The summed E-state index contributed by atoms with van der Waals surface area (Å²) >= 11 is 0. The fraction of sp³-hybridized carbons (Fsp3) is 0.105. The zero-order valence-corrected chi connectivity index (χ0v) is 13.9. The van der Waals surface area contributed by atoms with Gasteiger partial charge >= 0.3 is 6.18 Å². The van der Waals surface area contributed by atoms with Crippen LogP contribution in [0.5, 0.6) is 5.75 Å². The number of carbonyl (C=O) groups is 1. The van der Waals surface area contributed by atoms with Gasteiger partial charge in [-0.25, -0.2) is 4.98 Å². The monoisotopic (exact) mass is 373 g/mol. The molecule has 2 aromatic carbocycles. The summed E-state index contributed by atoms with van der Waals surface area (Å²) in [5.41, 5.74) is 2.43. The quantitative estimate of drug-likeness (QED) is 0.680. The van der Waals surface area contributed by atoms with Crippen molar-refractivity contribution >= 4 is 28.7 Å². The molecule has 0 unspecified atom stereocenters. The lowest BCUT2D eigenvalue weighted by atomic mass is 10.3. The van der Waals surface area contributed by atoms with Gasteiger partial charge in [-0.2, -0.15) is 13.2 Å². The molecule has 1 amide bonds. The van der Waals surface area contributed by atoms with Crippen LogP contribution in [0.1, 0.15) is 5.69 Å². The summed E-state index contributed by atoms with van der Waals surface area (Å²) in [4.78, 5) is 20.6. The number of nitrogens with zero attached hydrogens (tertiary/aromatic N) is 2. The molecule has 27 heavy (non-hydrogen) atoms. The molecule has 0 aliphatic rings. The van der Waals surface area contributed by atoms with E-state index in [2.05, 4.69) is 20.0 Å². The van der Waals surface area contributed by atoms with Crippen molar-refractivity contribution in [3.05, 3.63) is 66.5 Å². The van der Waals surface area contributed by atoms with E-state index in [1.807, 2.05) is 24.3 Å². The van der Waals surface area contributed by atoms with E-state index in [1.165, 1.54) is 36.4 Å². The van der Waals surface area contributed by atoms with Gasteiger partial charge in [0.05, 0.1) is 22.9 Å². The van der Waals surface area contributed by atoms with Gasteiger partial charge in [-0.3, -0.25) is 9.78 Å². The molecule has 3 aromatic rings. The molecular weight excluding hydrogens is 359 g/mol. The van der Waals surface area contributed by atoms with Crippen molar-refractivity contribution in [2.75, 3.05) is 11.9 Å². The molecule has 8 heteroatoms. The maximum Gasteiger partial charge on any atom is 0.422 e. The molecule has 0 atom stereocenters. The number of benzene rings is 2. The lowest BCUT2D eigenvalue weighted by Gasteiger charge is -2.09. The molecule has 1 heterocycles. The highest BCUT2D eigenvalue weighted by Crippen LogP contribution is 2.20. The number of carbonyl (C=O) groups excluding carboxylic acids is 1. The smallest absolute Gasteiger partial charge is 0.422 e. The van der Waals surface area contributed by atoms with Gasteiger partial charge < -0.3 is 10.1 Å². The van der Waals surface area contributed by atoms with Gasteiger partial charge in [0.15, 0.2) is 6.61 Å². The first-order chi connectivity index (χ1) is 12.9. The summed E-state index contributed by atoms with van der Waals surface area (Å²) in [6.07, 6.45) is -0.0231. The number of ether oxygens (including phenoxy) is 1. The maximum atomic E-state index is 12.1. The number of hydrogen-bond acceptors (Lipinski definition) is 4. The molecule has 0 spiro atoms. The van der Waals surface area contributed by atoms with Crippen molar-refractivity contribution in [2.45, 2.75) is 6.18 Å². The molecule has 1 aromatic heterocycles. The van der Waals surface area contributed by atoms with Crippen LogP contribution >= 0.6 is 0 Å². The molecule has 0 aliphatic heterocycles. The van der Waals surface area contributed by atoms with E-state index >= 15 is 0 Å². The summed E-state index contributed by atoms with van der Waals surface area (Å²) in [6.45, 7) is -1.37. The summed E-state index contributed by atoms with van der Waals surface area (Å²) in [6, 6.07) is 13.0. The zero-order chi connectivity index (χ0) is 19.3. The first-order valence-corrected chi connectivity index (χ1v) is 7.89. The second-order valence-corrected chi connectivity index (χ2v) is 5.53. The van der Waals surface area contributed by atoms with Gasteiger partial charge in [-0.1, -0.05) is 12.1 Å². The largest absolute Gasteiger partial charge is 0.484 e. The first-order valence-electron chi connectivity index (χ1n) is 7.89. The minimum absolute atomic E-state index is 0.0623. The van der Waals surface area contributed by atoms with E-state index in [4.69, 9.17) is 0 Å². The van der Waals surface area contributed by atoms with Crippen LogP contribution in [-0.4, -0.2) is 28.7 Å². The highest BCUT2D eigenvalue weighted by Gasteiger charge is 2.28. The number of nitrogens with one attached hydrogen (secondary N) is 1. The Balaban J connectivity index is 1.58. The number of amides is 1. The molecule has 0 bridgehead atoms. The molecule has 3 rings (SSSR count). The Morgan fingerprint density at radius 2 is 1.78 bits per heavy atom. The number of hydrogen-bond donors (Lipinski definition) is 1. The van der Waals surface area contributed by atoms with Crippen LogP contribution in [0.15, 0.2) is 60.8 Å². The van der Waals surface area contributed by atoms with Gasteiger partial charge in [-0.15, -0.1) is 0 Å². The van der Waals surface area contributed by atoms with Gasteiger partial charge in [0, 0.05) is 11.8 Å². The Hall–Kier alpha value is -3.42. The van der Waals surface area contributed by atoms with Crippen molar-refractivity contribution in [3.8, 4) is 5.75 Å². The predicted molar refractivity (Wildman–Crippen MR) is 95.2 cm³/mol. The van der Waals surface area contributed by atoms with E-state index in [9.17, 15) is 18.0 Å². The van der Waals surface area contributed by atoms with Gasteiger partial charge in [-0.05, 0) is 42.5 Å². The van der Waals surface area contributed by atoms with Crippen molar-refractivity contribution in [1.29, 1.82) is 0 Å². The Morgan fingerprint density at radius 3 is 2.48 bits per heavy atom. The van der Waals surface area contributed by atoms with Crippen LogP contribution in [0.4, 0.5) is 18.9 Å². The van der Waals surface area contributed by atoms with Crippen LogP contribution in [-0.2, 0) is 4.79 Å². The molecule has 0 saturated heterocycles. The minimum atomic E-state index is -4.40. The summed E-state index contributed by atoms with van der Waals surface area (Å²) < 4.78 is 40.9. The fourth-order valence-electron chi connectivity index (χ4n) is 2.20. The fourth-order valence-corrected chi connectivity index (χ4v) is 2.20. The second-order valence-electron chi connectivity index (χ2n) is 5.53. The first kappa shape index (κ1) is 18.4. The Bertz CT molecular complexity index is 970. The van der Waals surface area contributed by atoms with Crippen molar-refractivity contribution in [1.82, 2.24) is 9.97 Å². The number of anilines is 1. The summed E-state index contributed by atoms with van der Waals surface area (Å²) in [5.74, 6) is -0.346. The maximum absolute atomic E-state index is 12.1. The lowest BCUT2D eigenvalue weighted by molar-refractivity contribution is -0.153. The van der Waals surface area contributed by atoms with E-state index in [0.29, 0.717) is 11.4 Å². The van der Waals surface area contributed by atoms with Gasteiger partial charge in [0.25, 0.3) is 0 Å². The third-order valence-electron chi connectivity index (χ3n) is 3.40. The van der Waals surface area contributed by atoms with Crippen molar-refractivity contribution in [2.24, 2.45) is 0 Å². The van der Waals surface area contributed by atoms with E-state index < -0.39 is 18.7 Å². The normalized spacial score (nSPS) is 11.7. The molecule has 1 N–H and O–H groups in total. The van der Waals surface area contributed by atoms with Crippen molar-refractivity contribution < 1.29 is 22.7 Å². The number of aromatic nitrogens is 2. The molecular formula is C19H14F3N3O2. The molecule has 0 radical (unpaired) electrons. The van der Waals surface area contributed by atoms with Crippen LogP contribution < -0.4 is 10.1 Å². The molecule has 0 fully saturated rings. The SMILES string of the molecule is O=C(/C=C/c1cnc2ccccc2n1)Nc1ccc(OCC(F)(F)F)cc1.